The third-order valence-electron chi connectivity index (χ3n) is 5.29. The average molecular weight is 420 g/mol. The molecule has 4 aromatic rings. The van der Waals surface area contributed by atoms with Gasteiger partial charge in [-0.15, -0.1) is 16.4 Å². The maximum atomic E-state index is 12.8. The number of thiazole rings is 1. The summed E-state index contributed by atoms with van der Waals surface area (Å²) in [6.07, 6.45) is 5.70. The average Bonchev–Trinajstić information content (AvgIpc) is 3.56. The molecule has 8 nitrogen and oxygen atoms in total. The first-order valence-electron chi connectivity index (χ1n) is 9.86. The summed E-state index contributed by atoms with van der Waals surface area (Å²) in [6, 6.07) is 14.3. The molecule has 2 N–H and O–H groups in total. The molecule has 0 spiro atoms. The Morgan fingerprint density at radius 2 is 2.13 bits per heavy atom. The molecule has 0 bridgehead atoms. The van der Waals surface area contributed by atoms with E-state index < -0.39 is 0 Å². The van der Waals surface area contributed by atoms with Crippen LogP contribution >= 0.6 is 11.3 Å². The van der Waals surface area contributed by atoms with Crippen LogP contribution in [0, 0.1) is 0 Å². The first kappa shape index (κ1) is 18.6. The largest absolute Gasteiger partial charge is 0.363 e. The third-order valence-corrected chi connectivity index (χ3v) is 6.07. The van der Waals surface area contributed by atoms with Crippen molar-refractivity contribution in [3.63, 3.8) is 0 Å². The number of para-hydroxylation sites is 1. The molecule has 152 valence electrons. The van der Waals surface area contributed by atoms with Gasteiger partial charge in [-0.2, -0.15) is 0 Å². The van der Waals surface area contributed by atoms with Crippen LogP contribution in [0.4, 0.5) is 10.8 Å². The highest BCUT2D eigenvalue weighted by molar-refractivity contribution is 7.14. The highest BCUT2D eigenvalue weighted by atomic mass is 32.1. The van der Waals surface area contributed by atoms with E-state index in [9.17, 15) is 4.79 Å². The number of amides is 1. The van der Waals surface area contributed by atoms with Crippen molar-refractivity contribution >= 4 is 28.1 Å². The molecule has 1 saturated heterocycles. The zero-order valence-corrected chi connectivity index (χ0v) is 17.0. The molecule has 1 aliphatic heterocycles. The van der Waals surface area contributed by atoms with E-state index in [1.807, 2.05) is 22.9 Å². The van der Waals surface area contributed by atoms with E-state index in [2.05, 4.69) is 55.3 Å². The SMILES string of the molecule is O=C(Nc1nc([C@H]2CCCN2c2ccccc2)cs1)c1cccn1Cc1cnn[nH]1. The Morgan fingerprint density at radius 3 is 2.97 bits per heavy atom. The van der Waals surface area contributed by atoms with Crippen LogP contribution in [0.15, 0.2) is 60.2 Å². The maximum absolute atomic E-state index is 12.8. The van der Waals surface area contributed by atoms with Gasteiger partial charge >= 0.3 is 0 Å². The number of rotatable bonds is 6. The van der Waals surface area contributed by atoms with Gasteiger partial charge in [0.05, 0.1) is 30.2 Å². The van der Waals surface area contributed by atoms with E-state index >= 15 is 0 Å². The summed E-state index contributed by atoms with van der Waals surface area (Å²) in [5, 5.41) is 15.9. The molecule has 1 fully saturated rings. The monoisotopic (exact) mass is 419 g/mol. The number of nitrogens with zero attached hydrogens (tertiary/aromatic N) is 5. The second kappa shape index (κ2) is 8.11. The van der Waals surface area contributed by atoms with Crippen LogP contribution in [0.3, 0.4) is 0 Å². The number of H-pyrrole nitrogens is 1. The number of hydrogen-bond acceptors (Lipinski definition) is 6. The van der Waals surface area contributed by atoms with Crippen molar-refractivity contribution in [1.29, 1.82) is 0 Å². The second-order valence-electron chi connectivity index (χ2n) is 7.22. The maximum Gasteiger partial charge on any atom is 0.274 e. The van der Waals surface area contributed by atoms with E-state index in [0.717, 1.165) is 30.8 Å². The molecule has 9 heteroatoms. The summed E-state index contributed by atoms with van der Waals surface area (Å²) in [6.45, 7) is 1.52. The van der Waals surface area contributed by atoms with Gasteiger partial charge in [-0.25, -0.2) is 4.98 Å². The van der Waals surface area contributed by atoms with Crippen LogP contribution in [-0.2, 0) is 6.54 Å². The van der Waals surface area contributed by atoms with Gasteiger partial charge in [-0.3, -0.25) is 15.2 Å². The minimum atomic E-state index is -0.181. The number of benzene rings is 1. The lowest BCUT2D eigenvalue weighted by atomic mass is 10.1. The fourth-order valence-corrected chi connectivity index (χ4v) is 4.65. The fraction of sp³-hybridized carbons (Fsp3) is 0.238. The lowest BCUT2D eigenvalue weighted by Crippen LogP contribution is -2.22. The van der Waals surface area contributed by atoms with Crippen molar-refractivity contribution in [3.8, 4) is 0 Å². The normalized spacial score (nSPS) is 16.1. The van der Waals surface area contributed by atoms with Crippen LogP contribution in [0.1, 0.15) is 40.8 Å². The topological polar surface area (TPSA) is 91.7 Å². The molecule has 1 amide bonds. The van der Waals surface area contributed by atoms with Gasteiger partial charge < -0.3 is 9.47 Å². The summed E-state index contributed by atoms with van der Waals surface area (Å²) in [7, 11) is 0. The van der Waals surface area contributed by atoms with E-state index in [4.69, 9.17) is 4.98 Å². The standard InChI is InChI=1S/C21H21N7OS/c29-20(19-9-4-10-27(19)13-15-12-22-26-25-15)24-21-23-17(14-30-21)18-8-5-11-28(18)16-6-2-1-3-7-16/h1-4,6-7,9-10,12,14,18H,5,8,11,13H2,(H,22,25,26)(H,23,24,29)/t18-/m1/s1. The predicted octanol–water partition coefficient (Wildman–Crippen LogP) is 3.70. The minimum absolute atomic E-state index is 0.181. The van der Waals surface area contributed by atoms with Gasteiger partial charge in [0.1, 0.15) is 5.69 Å². The summed E-state index contributed by atoms with van der Waals surface area (Å²) < 4.78 is 1.85. The number of anilines is 2. The molecule has 0 radical (unpaired) electrons. The molecule has 3 aromatic heterocycles. The lowest BCUT2D eigenvalue weighted by Gasteiger charge is -2.25. The predicted molar refractivity (Wildman–Crippen MR) is 116 cm³/mol. The van der Waals surface area contributed by atoms with Crippen LogP contribution in [0.2, 0.25) is 0 Å². The number of hydrogen-bond donors (Lipinski definition) is 2. The van der Waals surface area contributed by atoms with Gasteiger partial charge in [0.15, 0.2) is 5.13 Å². The zero-order valence-electron chi connectivity index (χ0n) is 16.2. The summed E-state index contributed by atoms with van der Waals surface area (Å²) in [5.41, 5.74) is 3.62. The molecule has 30 heavy (non-hydrogen) atoms. The minimum Gasteiger partial charge on any atom is -0.363 e. The molecule has 1 aliphatic rings. The Kier molecular flexibility index (Phi) is 5.02. The molecule has 0 unspecified atom stereocenters. The molecular formula is C21H21N7OS. The summed E-state index contributed by atoms with van der Waals surface area (Å²) in [4.78, 5) is 19.9. The van der Waals surface area contributed by atoms with Gasteiger partial charge in [0.2, 0.25) is 0 Å². The number of nitrogens with one attached hydrogen (secondary N) is 2. The van der Waals surface area contributed by atoms with E-state index in [0.29, 0.717) is 17.4 Å². The number of carbonyl (C=O) groups is 1. The first-order chi connectivity index (χ1) is 14.8. The zero-order chi connectivity index (χ0) is 20.3. The second-order valence-corrected chi connectivity index (χ2v) is 8.08. The van der Waals surface area contributed by atoms with Crippen molar-refractivity contribution in [1.82, 2.24) is 25.0 Å². The first-order valence-corrected chi connectivity index (χ1v) is 10.7. The Labute approximate surface area is 177 Å². The van der Waals surface area contributed by atoms with Crippen molar-refractivity contribution in [3.05, 3.63) is 77.3 Å². The number of aromatic nitrogens is 5. The Balaban J connectivity index is 1.30. The van der Waals surface area contributed by atoms with E-state index in [-0.39, 0.29) is 11.9 Å². The van der Waals surface area contributed by atoms with Gasteiger partial charge in [0.25, 0.3) is 5.91 Å². The highest BCUT2D eigenvalue weighted by Crippen LogP contribution is 2.37. The molecular weight excluding hydrogens is 398 g/mol. The van der Waals surface area contributed by atoms with E-state index in [1.165, 1.54) is 17.0 Å². The van der Waals surface area contributed by atoms with Crippen LogP contribution in [0.25, 0.3) is 0 Å². The van der Waals surface area contributed by atoms with Crippen LogP contribution < -0.4 is 10.2 Å². The quantitative estimate of drug-likeness (QED) is 0.497. The molecule has 5 rings (SSSR count). The smallest absolute Gasteiger partial charge is 0.274 e. The molecule has 1 atom stereocenters. The Morgan fingerprint density at radius 1 is 1.23 bits per heavy atom. The number of aromatic amines is 1. The van der Waals surface area contributed by atoms with Crippen molar-refractivity contribution in [2.24, 2.45) is 0 Å². The number of carbonyl (C=O) groups excluding carboxylic acids is 1. The van der Waals surface area contributed by atoms with E-state index in [1.54, 1.807) is 12.3 Å². The molecule has 0 saturated carbocycles. The van der Waals surface area contributed by atoms with Gasteiger partial charge in [-0.1, -0.05) is 23.4 Å². The van der Waals surface area contributed by atoms with Gasteiger partial charge in [-0.05, 0) is 37.1 Å². The van der Waals surface area contributed by atoms with Crippen molar-refractivity contribution < 1.29 is 4.79 Å². The van der Waals surface area contributed by atoms with Crippen LogP contribution in [0.5, 0.6) is 0 Å². The molecule has 4 heterocycles. The Hall–Kier alpha value is -3.46. The third kappa shape index (κ3) is 3.71. The lowest BCUT2D eigenvalue weighted by molar-refractivity contribution is 0.101. The summed E-state index contributed by atoms with van der Waals surface area (Å²) in [5.74, 6) is -0.181. The highest BCUT2D eigenvalue weighted by Gasteiger charge is 2.28. The van der Waals surface area contributed by atoms with Crippen molar-refractivity contribution in [2.45, 2.75) is 25.4 Å². The molecule has 1 aromatic carbocycles. The van der Waals surface area contributed by atoms with Crippen molar-refractivity contribution in [2.75, 3.05) is 16.8 Å². The van der Waals surface area contributed by atoms with Crippen LogP contribution in [-0.4, -0.2) is 37.4 Å². The Bertz CT molecular complexity index is 1120. The fourth-order valence-electron chi connectivity index (χ4n) is 3.90. The van der Waals surface area contributed by atoms with Gasteiger partial charge in [0, 0.05) is 23.8 Å². The molecule has 0 aliphatic carbocycles. The summed E-state index contributed by atoms with van der Waals surface area (Å²) >= 11 is 1.47.